The second-order valence-corrected chi connectivity index (χ2v) is 7.49. The predicted octanol–water partition coefficient (Wildman–Crippen LogP) is 2.32. The highest BCUT2D eigenvalue weighted by Gasteiger charge is 2.26. The van der Waals surface area contributed by atoms with E-state index in [0.29, 0.717) is 10.8 Å². The van der Waals surface area contributed by atoms with E-state index in [4.69, 9.17) is 0 Å². The third-order valence-electron chi connectivity index (χ3n) is 4.67. The van der Waals surface area contributed by atoms with Crippen molar-refractivity contribution in [1.29, 1.82) is 0 Å². The number of hydrogen-bond acceptors (Lipinski definition) is 8. The second-order valence-electron chi connectivity index (χ2n) is 6.62. The van der Waals surface area contributed by atoms with Gasteiger partial charge in [-0.2, -0.15) is 9.38 Å². The molecule has 1 aliphatic heterocycles. The van der Waals surface area contributed by atoms with Crippen molar-refractivity contribution in [1.82, 2.24) is 19.3 Å². The lowest BCUT2D eigenvalue weighted by atomic mass is 10.2. The first kappa shape index (κ1) is 17.7. The van der Waals surface area contributed by atoms with Crippen LogP contribution < -0.4 is 10.2 Å². The molecule has 0 aliphatic carbocycles. The fraction of sp³-hybridized carbons (Fsp3) is 0.412. The summed E-state index contributed by atoms with van der Waals surface area (Å²) in [7, 11) is 0. The third kappa shape index (κ3) is 3.71. The SMILES string of the molecule is CC(CN1CCN(c2ccccn2)CC1)Nc1nc2sccn2c1[N+](=O)[O-]. The number of piperazine rings is 1. The van der Waals surface area contributed by atoms with E-state index in [1.165, 1.54) is 15.7 Å². The summed E-state index contributed by atoms with van der Waals surface area (Å²) in [6, 6.07) is 6.01. The fourth-order valence-corrected chi connectivity index (χ4v) is 4.12. The topological polar surface area (TPSA) is 91.8 Å². The monoisotopic (exact) mass is 387 g/mol. The van der Waals surface area contributed by atoms with Gasteiger partial charge in [0.2, 0.25) is 5.82 Å². The zero-order valence-corrected chi connectivity index (χ0v) is 15.8. The Hall–Kier alpha value is -2.72. The van der Waals surface area contributed by atoms with Crippen molar-refractivity contribution in [3.63, 3.8) is 0 Å². The van der Waals surface area contributed by atoms with Crippen LogP contribution in [-0.2, 0) is 0 Å². The summed E-state index contributed by atoms with van der Waals surface area (Å²) in [6.07, 6.45) is 3.49. The Labute approximate surface area is 160 Å². The molecule has 0 bridgehead atoms. The molecule has 10 heteroatoms. The van der Waals surface area contributed by atoms with Gasteiger partial charge in [0, 0.05) is 50.3 Å². The van der Waals surface area contributed by atoms with Crippen LogP contribution in [0.25, 0.3) is 4.96 Å². The number of nitrogens with one attached hydrogen (secondary N) is 1. The summed E-state index contributed by atoms with van der Waals surface area (Å²) in [4.78, 5) is 25.1. The molecule has 4 rings (SSSR count). The Morgan fingerprint density at radius 2 is 2.15 bits per heavy atom. The molecule has 0 spiro atoms. The van der Waals surface area contributed by atoms with Gasteiger partial charge in [-0.15, -0.1) is 0 Å². The molecule has 1 aliphatic rings. The van der Waals surface area contributed by atoms with Gasteiger partial charge in [-0.05, 0) is 24.0 Å². The molecule has 0 saturated carbocycles. The average Bonchev–Trinajstić information content (AvgIpc) is 3.23. The summed E-state index contributed by atoms with van der Waals surface area (Å²) >= 11 is 1.39. The normalized spacial score (nSPS) is 16.6. The number of nitro groups is 1. The van der Waals surface area contributed by atoms with Crippen LogP contribution in [0, 0.1) is 10.1 Å². The standard InChI is InChI=1S/C17H21N7O2S/c1-13(19-15-16(24(25)26)23-10-11-27-17(23)20-15)12-21-6-8-22(9-7-21)14-4-2-3-5-18-14/h2-5,10-11,13,19H,6-9,12H2,1H3. The fourth-order valence-electron chi connectivity index (χ4n) is 3.41. The van der Waals surface area contributed by atoms with Gasteiger partial charge >= 0.3 is 5.82 Å². The second kappa shape index (κ2) is 7.49. The number of rotatable bonds is 6. The molecule has 3 aromatic rings. The number of pyridine rings is 1. The lowest BCUT2D eigenvalue weighted by Gasteiger charge is -2.36. The van der Waals surface area contributed by atoms with E-state index in [0.717, 1.165) is 38.5 Å². The number of hydrogen-bond donors (Lipinski definition) is 1. The molecule has 1 saturated heterocycles. The van der Waals surface area contributed by atoms with Crippen LogP contribution in [0.5, 0.6) is 0 Å². The maximum Gasteiger partial charge on any atom is 0.372 e. The quantitative estimate of drug-likeness (QED) is 0.513. The zero-order valence-electron chi connectivity index (χ0n) is 15.0. The van der Waals surface area contributed by atoms with E-state index < -0.39 is 0 Å². The zero-order chi connectivity index (χ0) is 18.8. The molecule has 3 aromatic heterocycles. The van der Waals surface area contributed by atoms with Crippen molar-refractivity contribution < 1.29 is 4.92 Å². The molecule has 1 fully saturated rings. The first-order chi connectivity index (χ1) is 13.1. The lowest BCUT2D eigenvalue weighted by Crippen LogP contribution is -2.49. The molecular formula is C17H21N7O2S. The van der Waals surface area contributed by atoms with Gasteiger partial charge in [0.25, 0.3) is 4.96 Å². The van der Waals surface area contributed by atoms with E-state index in [2.05, 4.69) is 25.1 Å². The van der Waals surface area contributed by atoms with E-state index in [9.17, 15) is 10.1 Å². The molecule has 142 valence electrons. The first-order valence-electron chi connectivity index (χ1n) is 8.86. The number of anilines is 2. The van der Waals surface area contributed by atoms with Crippen LogP contribution in [-0.4, -0.2) is 63.0 Å². The maximum absolute atomic E-state index is 11.4. The van der Waals surface area contributed by atoms with Crippen molar-refractivity contribution in [3.05, 3.63) is 46.1 Å². The van der Waals surface area contributed by atoms with Gasteiger partial charge in [-0.3, -0.25) is 4.90 Å². The Balaban J connectivity index is 1.35. The van der Waals surface area contributed by atoms with Crippen LogP contribution in [0.2, 0.25) is 0 Å². The molecule has 0 radical (unpaired) electrons. The van der Waals surface area contributed by atoms with Crippen molar-refractivity contribution in [2.45, 2.75) is 13.0 Å². The largest absolute Gasteiger partial charge is 0.372 e. The first-order valence-corrected chi connectivity index (χ1v) is 9.74. The number of imidazole rings is 1. The van der Waals surface area contributed by atoms with Crippen molar-refractivity contribution in [3.8, 4) is 0 Å². The predicted molar refractivity (Wildman–Crippen MR) is 106 cm³/mol. The summed E-state index contributed by atoms with van der Waals surface area (Å²) in [5.74, 6) is 1.35. The van der Waals surface area contributed by atoms with Crippen molar-refractivity contribution in [2.75, 3.05) is 42.9 Å². The molecule has 0 amide bonds. The number of fused-ring (bicyclic) bond motifs is 1. The van der Waals surface area contributed by atoms with E-state index in [-0.39, 0.29) is 16.8 Å². The van der Waals surface area contributed by atoms with Crippen LogP contribution >= 0.6 is 11.3 Å². The Kier molecular flexibility index (Phi) is 4.90. The van der Waals surface area contributed by atoms with Gasteiger partial charge in [0.05, 0.1) is 0 Å². The van der Waals surface area contributed by atoms with Crippen LogP contribution in [0.1, 0.15) is 6.92 Å². The number of thiazole rings is 1. The van der Waals surface area contributed by atoms with Crippen LogP contribution in [0.15, 0.2) is 36.0 Å². The van der Waals surface area contributed by atoms with Gasteiger partial charge in [0.15, 0.2) is 0 Å². The van der Waals surface area contributed by atoms with E-state index in [1.807, 2.05) is 31.3 Å². The molecule has 27 heavy (non-hydrogen) atoms. The van der Waals surface area contributed by atoms with Crippen LogP contribution in [0.4, 0.5) is 17.5 Å². The molecule has 0 aromatic carbocycles. The van der Waals surface area contributed by atoms with Crippen molar-refractivity contribution in [2.24, 2.45) is 0 Å². The highest BCUT2D eigenvalue weighted by molar-refractivity contribution is 7.15. The summed E-state index contributed by atoms with van der Waals surface area (Å²) in [6.45, 7) is 6.54. The number of nitrogens with zero attached hydrogens (tertiary/aromatic N) is 6. The Bertz CT molecular complexity index is 918. The molecule has 1 N–H and O–H groups in total. The molecule has 1 unspecified atom stereocenters. The van der Waals surface area contributed by atoms with Gasteiger partial charge in [-0.1, -0.05) is 17.4 Å². The van der Waals surface area contributed by atoms with Gasteiger partial charge in [0.1, 0.15) is 12.0 Å². The lowest BCUT2D eigenvalue weighted by molar-refractivity contribution is -0.389. The van der Waals surface area contributed by atoms with Gasteiger partial charge < -0.3 is 20.3 Å². The number of aromatic nitrogens is 3. The highest BCUT2D eigenvalue weighted by atomic mass is 32.1. The summed E-state index contributed by atoms with van der Waals surface area (Å²) in [5, 5.41) is 16.4. The van der Waals surface area contributed by atoms with E-state index in [1.54, 1.807) is 11.6 Å². The Morgan fingerprint density at radius 1 is 1.33 bits per heavy atom. The molecule has 4 heterocycles. The maximum atomic E-state index is 11.4. The molecular weight excluding hydrogens is 366 g/mol. The van der Waals surface area contributed by atoms with E-state index >= 15 is 0 Å². The summed E-state index contributed by atoms with van der Waals surface area (Å²) < 4.78 is 1.52. The molecule has 9 nitrogen and oxygen atoms in total. The Morgan fingerprint density at radius 3 is 2.85 bits per heavy atom. The average molecular weight is 387 g/mol. The highest BCUT2D eigenvalue weighted by Crippen LogP contribution is 2.28. The van der Waals surface area contributed by atoms with Crippen LogP contribution in [0.3, 0.4) is 0 Å². The molecule has 1 atom stereocenters. The van der Waals surface area contributed by atoms with Crippen molar-refractivity contribution >= 4 is 33.8 Å². The minimum absolute atomic E-state index is 0.00179. The smallest absolute Gasteiger partial charge is 0.359 e. The minimum Gasteiger partial charge on any atom is -0.359 e. The summed E-state index contributed by atoms with van der Waals surface area (Å²) in [5.41, 5.74) is 0. The third-order valence-corrected chi connectivity index (χ3v) is 5.43. The van der Waals surface area contributed by atoms with Gasteiger partial charge in [-0.25, -0.2) is 4.98 Å². The minimum atomic E-state index is -0.382.